The third-order valence-corrected chi connectivity index (χ3v) is 5.38. The molecule has 0 saturated carbocycles. The monoisotopic (exact) mass is 453 g/mol. The number of carbonyl (C=O) groups is 2. The van der Waals surface area contributed by atoms with Gasteiger partial charge in [0.15, 0.2) is 11.5 Å². The van der Waals surface area contributed by atoms with E-state index in [1.807, 2.05) is 13.0 Å². The van der Waals surface area contributed by atoms with Crippen LogP contribution in [-0.4, -0.2) is 24.4 Å². The Kier molecular flexibility index (Phi) is 7.45. The quantitative estimate of drug-likeness (QED) is 0.290. The Hall–Kier alpha value is -3.14. The number of imide groups is 1. The first-order chi connectivity index (χ1) is 15.0. The van der Waals surface area contributed by atoms with E-state index in [1.165, 1.54) is 0 Å². The van der Waals surface area contributed by atoms with E-state index in [9.17, 15) is 9.59 Å². The fourth-order valence-electron chi connectivity index (χ4n) is 3.07. The molecule has 0 atom stereocenters. The molecular weight excluding hydrogens is 434 g/mol. The van der Waals surface area contributed by atoms with E-state index in [-0.39, 0.29) is 11.8 Å². The second kappa shape index (κ2) is 10.3. The lowest BCUT2D eigenvalue weighted by Crippen LogP contribution is -2.27. The summed E-state index contributed by atoms with van der Waals surface area (Å²) in [6.45, 7) is 6.17. The molecule has 0 N–H and O–H groups in total. The predicted molar refractivity (Wildman–Crippen MR) is 126 cm³/mol. The van der Waals surface area contributed by atoms with Gasteiger partial charge in [-0.2, -0.15) is 0 Å². The molecular formula is C24H20ClNO4S. The minimum absolute atomic E-state index is 0.0993. The summed E-state index contributed by atoms with van der Waals surface area (Å²) in [5.41, 5.74) is 1.94. The Morgan fingerprint density at radius 2 is 2.06 bits per heavy atom. The first kappa shape index (κ1) is 22.5. The summed E-state index contributed by atoms with van der Waals surface area (Å²) in [6.07, 6.45) is 9.25. The topological polar surface area (TPSA) is 55.8 Å². The first-order valence-corrected chi connectivity index (χ1v) is 10.7. The van der Waals surface area contributed by atoms with Crippen molar-refractivity contribution < 1.29 is 19.1 Å². The number of allylic oxidation sites excluding steroid dienone is 1. The van der Waals surface area contributed by atoms with Gasteiger partial charge in [0.1, 0.15) is 6.61 Å². The smallest absolute Gasteiger partial charge is 0.298 e. The maximum atomic E-state index is 12.9. The van der Waals surface area contributed by atoms with Gasteiger partial charge < -0.3 is 9.47 Å². The highest BCUT2D eigenvalue weighted by molar-refractivity contribution is 8.19. The molecule has 1 aliphatic heterocycles. The number of nitrogens with zero attached hydrogens (tertiary/aromatic N) is 1. The van der Waals surface area contributed by atoms with Gasteiger partial charge in [-0.3, -0.25) is 9.59 Å². The van der Waals surface area contributed by atoms with Crippen LogP contribution >= 0.6 is 23.4 Å². The second-order valence-electron chi connectivity index (χ2n) is 6.42. The number of rotatable bonds is 8. The molecule has 0 unspecified atom stereocenters. The minimum Gasteiger partial charge on any atom is -0.490 e. The van der Waals surface area contributed by atoms with Crippen molar-refractivity contribution in [2.75, 3.05) is 18.1 Å². The average molecular weight is 454 g/mol. The molecule has 5 nitrogen and oxygen atoms in total. The Morgan fingerprint density at radius 3 is 2.74 bits per heavy atom. The van der Waals surface area contributed by atoms with Crippen LogP contribution in [0.3, 0.4) is 0 Å². The SMILES string of the molecule is C#CCOc1c(CC=C)cc(/C=C2/SC(=O)N(c3cccc(Cl)c3)C2=O)cc1OCC. The lowest BCUT2D eigenvalue weighted by molar-refractivity contribution is -0.113. The minimum atomic E-state index is -0.409. The third kappa shape index (κ3) is 5.13. The number of anilines is 1. The molecule has 1 saturated heterocycles. The van der Waals surface area contributed by atoms with Crippen LogP contribution in [0.25, 0.3) is 6.08 Å². The zero-order valence-corrected chi connectivity index (χ0v) is 18.5. The molecule has 7 heteroatoms. The Bertz CT molecular complexity index is 1100. The molecule has 0 spiro atoms. The lowest BCUT2D eigenvalue weighted by Gasteiger charge is -2.15. The van der Waals surface area contributed by atoms with E-state index < -0.39 is 5.91 Å². The number of carbonyl (C=O) groups excluding carboxylic acids is 2. The Balaban J connectivity index is 2.00. The van der Waals surface area contributed by atoms with Crippen LogP contribution in [0, 0.1) is 12.3 Å². The van der Waals surface area contributed by atoms with Gasteiger partial charge >= 0.3 is 0 Å². The van der Waals surface area contributed by atoms with Crippen LogP contribution in [0.2, 0.25) is 5.02 Å². The molecule has 1 aliphatic rings. The van der Waals surface area contributed by atoms with Crippen LogP contribution in [-0.2, 0) is 11.2 Å². The van der Waals surface area contributed by atoms with Crippen molar-refractivity contribution in [1.82, 2.24) is 0 Å². The van der Waals surface area contributed by atoms with Crippen LogP contribution in [0.1, 0.15) is 18.1 Å². The third-order valence-electron chi connectivity index (χ3n) is 4.28. The van der Waals surface area contributed by atoms with Gasteiger partial charge in [-0.1, -0.05) is 29.7 Å². The molecule has 158 valence electrons. The number of amides is 2. The highest BCUT2D eigenvalue weighted by atomic mass is 35.5. The molecule has 0 aliphatic carbocycles. The van der Waals surface area contributed by atoms with Gasteiger partial charge in [0.05, 0.1) is 17.2 Å². The average Bonchev–Trinajstić information content (AvgIpc) is 3.01. The number of thioether (sulfide) groups is 1. The van der Waals surface area contributed by atoms with Crippen molar-refractivity contribution in [1.29, 1.82) is 0 Å². The first-order valence-electron chi connectivity index (χ1n) is 9.48. The molecule has 2 aromatic rings. The van der Waals surface area contributed by atoms with Gasteiger partial charge in [-0.15, -0.1) is 13.0 Å². The summed E-state index contributed by atoms with van der Waals surface area (Å²) in [7, 11) is 0. The number of ether oxygens (including phenoxy) is 2. The van der Waals surface area contributed by atoms with E-state index in [2.05, 4.69) is 12.5 Å². The Labute approximate surface area is 190 Å². The van der Waals surface area contributed by atoms with Gasteiger partial charge in [0, 0.05) is 10.6 Å². The van der Waals surface area contributed by atoms with Crippen molar-refractivity contribution >= 4 is 46.3 Å². The van der Waals surface area contributed by atoms with Crippen LogP contribution in [0.15, 0.2) is 54.0 Å². The molecule has 3 rings (SSSR count). The number of halogens is 1. The van der Waals surface area contributed by atoms with Crippen molar-refractivity contribution in [3.63, 3.8) is 0 Å². The van der Waals surface area contributed by atoms with Gasteiger partial charge in [0.25, 0.3) is 11.1 Å². The number of hydrogen-bond acceptors (Lipinski definition) is 5. The molecule has 2 aromatic carbocycles. The van der Waals surface area contributed by atoms with Crippen molar-refractivity contribution in [3.05, 3.63) is 70.1 Å². The van der Waals surface area contributed by atoms with E-state index >= 15 is 0 Å². The van der Waals surface area contributed by atoms with E-state index in [1.54, 1.807) is 42.5 Å². The molecule has 1 heterocycles. The van der Waals surface area contributed by atoms with E-state index in [0.717, 1.165) is 22.2 Å². The maximum Gasteiger partial charge on any atom is 0.298 e. The van der Waals surface area contributed by atoms with Crippen molar-refractivity contribution in [2.24, 2.45) is 0 Å². The number of terminal acetylenes is 1. The van der Waals surface area contributed by atoms with Gasteiger partial charge in [-0.25, -0.2) is 4.90 Å². The Morgan fingerprint density at radius 1 is 1.26 bits per heavy atom. The molecule has 1 fully saturated rings. The summed E-state index contributed by atoms with van der Waals surface area (Å²) in [5.74, 6) is 3.09. The van der Waals surface area contributed by atoms with Gasteiger partial charge in [0.2, 0.25) is 0 Å². The summed E-state index contributed by atoms with van der Waals surface area (Å²) >= 11 is 6.88. The van der Waals surface area contributed by atoms with Crippen molar-refractivity contribution in [2.45, 2.75) is 13.3 Å². The number of hydrogen-bond donors (Lipinski definition) is 0. The highest BCUT2D eigenvalue weighted by Gasteiger charge is 2.36. The second-order valence-corrected chi connectivity index (χ2v) is 7.85. The van der Waals surface area contributed by atoms with E-state index in [4.69, 9.17) is 27.5 Å². The largest absolute Gasteiger partial charge is 0.490 e. The summed E-state index contributed by atoms with van der Waals surface area (Å²) in [5, 5.41) is 0.0577. The fraction of sp³-hybridized carbons (Fsp3) is 0.167. The van der Waals surface area contributed by atoms with E-state index in [0.29, 0.717) is 45.7 Å². The lowest BCUT2D eigenvalue weighted by atomic mass is 10.0. The van der Waals surface area contributed by atoms with Crippen LogP contribution in [0.5, 0.6) is 11.5 Å². The molecule has 0 bridgehead atoms. The highest BCUT2D eigenvalue weighted by Crippen LogP contribution is 2.39. The molecule has 0 radical (unpaired) electrons. The summed E-state index contributed by atoms with van der Waals surface area (Å²) in [4.78, 5) is 26.9. The molecule has 0 aromatic heterocycles. The maximum absolute atomic E-state index is 12.9. The molecule has 31 heavy (non-hydrogen) atoms. The normalized spacial score (nSPS) is 14.6. The zero-order valence-electron chi connectivity index (χ0n) is 16.9. The van der Waals surface area contributed by atoms with Crippen LogP contribution in [0.4, 0.5) is 10.5 Å². The summed E-state index contributed by atoms with van der Waals surface area (Å²) < 4.78 is 11.4. The number of benzene rings is 2. The van der Waals surface area contributed by atoms with Crippen LogP contribution < -0.4 is 14.4 Å². The molecule has 2 amide bonds. The fourth-order valence-corrected chi connectivity index (χ4v) is 4.10. The zero-order chi connectivity index (χ0) is 22.4. The van der Waals surface area contributed by atoms with Gasteiger partial charge in [-0.05, 0) is 67.1 Å². The summed E-state index contributed by atoms with van der Waals surface area (Å²) in [6, 6.07) is 10.2. The predicted octanol–water partition coefficient (Wildman–Crippen LogP) is 5.72. The van der Waals surface area contributed by atoms with Crippen molar-refractivity contribution in [3.8, 4) is 23.8 Å². The standard InChI is InChI=1S/C24H20ClNO4S/c1-4-8-17-12-16(13-20(29-6-3)22(17)30-11-5-2)14-21-23(27)26(24(28)31-21)19-10-7-9-18(25)15-19/h2,4,7,9-10,12-15H,1,6,8,11H2,3H3/b21-14+.